The number of benzene rings is 1. The first-order chi connectivity index (χ1) is 10.4. The van der Waals surface area contributed by atoms with E-state index in [0.29, 0.717) is 13.2 Å². The van der Waals surface area contributed by atoms with Crippen molar-refractivity contribution in [3.05, 3.63) is 35.0 Å². The number of hydrogen-bond donors (Lipinski definition) is 0. The Morgan fingerprint density at radius 3 is 2.95 bits per heavy atom. The third kappa shape index (κ3) is 1.70. The van der Waals surface area contributed by atoms with Crippen LogP contribution in [-0.2, 0) is 12.8 Å². The summed E-state index contributed by atoms with van der Waals surface area (Å²) in [6, 6.07) is 6.06. The van der Waals surface area contributed by atoms with Gasteiger partial charge < -0.3 is 9.47 Å². The lowest BCUT2D eigenvalue weighted by molar-refractivity contribution is 0.171. The first-order valence-electron chi connectivity index (χ1n) is 7.28. The van der Waals surface area contributed by atoms with E-state index in [9.17, 15) is 0 Å². The average Bonchev–Trinajstić information content (AvgIpc) is 3.18. The average molecular weight is 298 g/mol. The zero-order valence-corrected chi connectivity index (χ0v) is 12.3. The van der Waals surface area contributed by atoms with Gasteiger partial charge in [0.1, 0.15) is 13.2 Å². The van der Waals surface area contributed by atoms with Crippen molar-refractivity contribution in [3.63, 3.8) is 0 Å². The molecule has 1 aromatic carbocycles. The number of fused-ring (bicyclic) bond motifs is 4. The van der Waals surface area contributed by atoms with Crippen LogP contribution in [0.5, 0.6) is 11.5 Å². The van der Waals surface area contributed by atoms with Gasteiger partial charge in [-0.05, 0) is 37.5 Å². The molecule has 0 saturated carbocycles. The van der Waals surface area contributed by atoms with E-state index >= 15 is 0 Å². The van der Waals surface area contributed by atoms with Gasteiger partial charge in [0.25, 0.3) is 0 Å². The Morgan fingerprint density at radius 1 is 1.10 bits per heavy atom. The second kappa shape index (κ2) is 4.24. The maximum Gasteiger partial charge on any atom is 0.194 e. The van der Waals surface area contributed by atoms with Gasteiger partial charge >= 0.3 is 0 Å². The van der Waals surface area contributed by atoms with E-state index < -0.39 is 0 Å². The number of aryl methyl sites for hydroxylation is 2. The topological polar surface area (TPSA) is 35.8 Å². The lowest BCUT2D eigenvalue weighted by atomic mass is 10.1. The summed E-state index contributed by atoms with van der Waals surface area (Å²) in [5, 5.41) is 0. The Bertz CT molecular complexity index is 849. The molecule has 0 saturated heterocycles. The van der Waals surface area contributed by atoms with Gasteiger partial charge in [0.05, 0.1) is 5.69 Å². The van der Waals surface area contributed by atoms with Gasteiger partial charge in [-0.25, -0.2) is 4.98 Å². The molecule has 3 heterocycles. The Morgan fingerprint density at radius 2 is 2.00 bits per heavy atom. The SMILES string of the molecule is c1cc2c(cc1-c1cn3c4c(sc3n1)CCC4)OCCO2. The van der Waals surface area contributed by atoms with Crippen LogP contribution in [0.2, 0.25) is 0 Å². The van der Waals surface area contributed by atoms with Gasteiger partial charge in [-0.15, -0.1) is 11.3 Å². The van der Waals surface area contributed by atoms with E-state index in [1.165, 1.54) is 29.8 Å². The Hall–Kier alpha value is -2.01. The second-order valence-electron chi connectivity index (χ2n) is 5.46. The molecule has 0 spiro atoms. The maximum atomic E-state index is 5.66. The predicted octanol–water partition coefficient (Wildman–Crippen LogP) is 3.32. The summed E-state index contributed by atoms with van der Waals surface area (Å²) in [6.07, 6.45) is 5.81. The van der Waals surface area contributed by atoms with E-state index in [2.05, 4.69) is 16.7 Å². The van der Waals surface area contributed by atoms with Crippen LogP contribution >= 0.6 is 11.3 Å². The second-order valence-corrected chi connectivity index (χ2v) is 6.52. The smallest absolute Gasteiger partial charge is 0.194 e. The van der Waals surface area contributed by atoms with E-state index in [1.807, 2.05) is 23.5 Å². The number of nitrogens with zero attached hydrogens (tertiary/aromatic N) is 2. The monoisotopic (exact) mass is 298 g/mol. The van der Waals surface area contributed by atoms with Crippen molar-refractivity contribution in [3.8, 4) is 22.8 Å². The molecule has 0 fully saturated rings. The predicted molar refractivity (Wildman–Crippen MR) is 81.5 cm³/mol. The van der Waals surface area contributed by atoms with Crippen molar-refractivity contribution in [1.82, 2.24) is 9.38 Å². The van der Waals surface area contributed by atoms with Gasteiger partial charge in [0, 0.05) is 22.3 Å². The Labute approximate surface area is 126 Å². The fraction of sp³-hybridized carbons (Fsp3) is 0.312. The summed E-state index contributed by atoms with van der Waals surface area (Å²) in [7, 11) is 0. The minimum Gasteiger partial charge on any atom is -0.486 e. The van der Waals surface area contributed by atoms with Crippen LogP contribution in [0.15, 0.2) is 24.4 Å². The number of aromatic nitrogens is 2. The molecule has 5 heteroatoms. The molecule has 0 amide bonds. The van der Waals surface area contributed by atoms with Gasteiger partial charge in [-0.2, -0.15) is 0 Å². The molecule has 0 atom stereocenters. The summed E-state index contributed by atoms with van der Waals surface area (Å²) < 4.78 is 13.5. The fourth-order valence-electron chi connectivity index (χ4n) is 3.15. The van der Waals surface area contributed by atoms with Crippen molar-refractivity contribution < 1.29 is 9.47 Å². The molecule has 0 radical (unpaired) electrons. The highest BCUT2D eigenvalue weighted by atomic mass is 32.1. The van der Waals surface area contributed by atoms with Crippen molar-refractivity contribution in [2.75, 3.05) is 13.2 Å². The molecule has 0 unspecified atom stereocenters. The summed E-state index contributed by atoms with van der Waals surface area (Å²) in [5.74, 6) is 1.65. The molecular formula is C16H14N2O2S. The van der Waals surface area contributed by atoms with Gasteiger partial charge in [-0.1, -0.05) is 0 Å². The summed E-state index contributed by atoms with van der Waals surface area (Å²) in [6.45, 7) is 1.24. The molecule has 4 nitrogen and oxygen atoms in total. The quantitative estimate of drug-likeness (QED) is 0.691. The van der Waals surface area contributed by atoms with E-state index in [-0.39, 0.29) is 0 Å². The fourth-order valence-corrected chi connectivity index (χ4v) is 4.34. The lowest BCUT2D eigenvalue weighted by Gasteiger charge is -2.18. The van der Waals surface area contributed by atoms with Crippen LogP contribution in [0.1, 0.15) is 17.0 Å². The molecule has 2 aromatic heterocycles. The molecular weight excluding hydrogens is 284 g/mol. The summed E-state index contributed by atoms with van der Waals surface area (Å²) in [4.78, 5) is 7.39. The third-order valence-corrected chi connectivity index (χ3v) is 5.31. The summed E-state index contributed by atoms with van der Waals surface area (Å²) in [5.41, 5.74) is 3.54. The molecule has 21 heavy (non-hydrogen) atoms. The largest absolute Gasteiger partial charge is 0.486 e. The van der Waals surface area contributed by atoms with Crippen LogP contribution in [0.25, 0.3) is 16.2 Å². The van der Waals surface area contributed by atoms with E-state index in [0.717, 1.165) is 27.7 Å². The molecule has 1 aliphatic carbocycles. The Balaban J connectivity index is 1.62. The van der Waals surface area contributed by atoms with E-state index in [1.54, 1.807) is 0 Å². The molecule has 3 aromatic rings. The van der Waals surface area contributed by atoms with Crippen molar-refractivity contribution in [1.29, 1.82) is 0 Å². The van der Waals surface area contributed by atoms with Crippen molar-refractivity contribution in [2.45, 2.75) is 19.3 Å². The van der Waals surface area contributed by atoms with E-state index in [4.69, 9.17) is 14.5 Å². The van der Waals surface area contributed by atoms with Crippen LogP contribution < -0.4 is 9.47 Å². The normalized spacial score (nSPS) is 16.4. The minimum absolute atomic E-state index is 0.613. The molecule has 5 rings (SSSR count). The number of imidazole rings is 1. The standard InChI is InChI=1S/C16H14N2O2S/c1-2-12-15(3-1)21-16-17-11(9-18(12)16)10-4-5-13-14(8-10)20-7-6-19-13/h4-5,8-9H,1-3,6-7H2. The zero-order valence-electron chi connectivity index (χ0n) is 11.5. The first-order valence-corrected chi connectivity index (χ1v) is 8.10. The molecule has 0 bridgehead atoms. The maximum absolute atomic E-state index is 5.66. The van der Waals surface area contributed by atoms with Crippen LogP contribution in [0, 0.1) is 0 Å². The summed E-state index contributed by atoms with van der Waals surface area (Å²) >= 11 is 1.83. The van der Waals surface area contributed by atoms with Crippen LogP contribution in [0.4, 0.5) is 0 Å². The molecule has 2 aliphatic rings. The third-order valence-electron chi connectivity index (χ3n) is 4.16. The highest BCUT2D eigenvalue weighted by Gasteiger charge is 2.20. The number of hydrogen-bond acceptors (Lipinski definition) is 4. The highest BCUT2D eigenvalue weighted by molar-refractivity contribution is 7.17. The van der Waals surface area contributed by atoms with Gasteiger partial charge in [0.15, 0.2) is 16.5 Å². The zero-order chi connectivity index (χ0) is 13.8. The van der Waals surface area contributed by atoms with Crippen molar-refractivity contribution >= 4 is 16.3 Å². The minimum atomic E-state index is 0.613. The van der Waals surface area contributed by atoms with Crippen molar-refractivity contribution in [2.24, 2.45) is 0 Å². The van der Waals surface area contributed by atoms with Crippen LogP contribution in [0.3, 0.4) is 0 Å². The Kier molecular flexibility index (Phi) is 2.35. The molecule has 1 aliphatic heterocycles. The van der Waals surface area contributed by atoms with Crippen LogP contribution in [-0.4, -0.2) is 22.6 Å². The van der Waals surface area contributed by atoms with Gasteiger partial charge in [-0.3, -0.25) is 4.40 Å². The number of ether oxygens (including phenoxy) is 2. The molecule has 106 valence electrons. The first kappa shape index (κ1) is 11.6. The lowest BCUT2D eigenvalue weighted by Crippen LogP contribution is -2.15. The number of thiazole rings is 1. The highest BCUT2D eigenvalue weighted by Crippen LogP contribution is 2.36. The number of rotatable bonds is 1. The van der Waals surface area contributed by atoms with Gasteiger partial charge in [0.2, 0.25) is 0 Å². The molecule has 0 N–H and O–H groups in total.